The molecule has 0 spiro atoms. The standard InChI is InChI=1S/C45H46F3N3O5/c1-29(36-21-18-32-8-3-4-9-38(32)24-36)50(2)27-39-25-41(34-14-12-30(28-52)13-15-34)56-43(55-39)35-19-16-33(17-20-35)37-10-5-7-31(23-37)26-49-42(53)40-11-6-22-51(40)44(54)45(46,47)48/h3-5,7-10,12-21,23-24,29,39-41,43,52H,6,11,22,25-28H2,1-2H3,(H,49,53)/t29-,39+,40+,41-,43-/m1/s1. The summed E-state index contributed by atoms with van der Waals surface area (Å²) in [5.74, 6) is -2.58. The van der Waals surface area contributed by atoms with Gasteiger partial charge in [0.05, 0.1) is 18.8 Å². The second-order valence-corrected chi connectivity index (χ2v) is 14.8. The molecule has 0 unspecified atom stereocenters. The second kappa shape index (κ2) is 17.0. The van der Waals surface area contributed by atoms with Crippen LogP contribution >= 0.6 is 0 Å². The molecule has 2 saturated heterocycles. The van der Waals surface area contributed by atoms with Crippen molar-refractivity contribution < 1.29 is 37.3 Å². The van der Waals surface area contributed by atoms with Gasteiger partial charge < -0.3 is 24.8 Å². The minimum atomic E-state index is -5.02. The van der Waals surface area contributed by atoms with Crippen LogP contribution in [-0.4, -0.2) is 65.2 Å². The van der Waals surface area contributed by atoms with Gasteiger partial charge in [0.2, 0.25) is 5.91 Å². The third kappa shape index (κ3) is 8.97. The number of carbonyl (C=O) groups excluding carboxylic acids is 2. The average molecular weight is 766 g/mol. The van der Waals surface area contributed by atoms with Crippen LogP contribution in [0.3, 0.4) is 0 Å². The van der Waals surface area contributed by atoms with Gasteiger partial charge in [-0.1, -0.05) is 103 Å². The highest BCUT2D eigenvalue weighted by Gasteiger charge is 2.47. The largest absolute Gasteiger partial charge is 0.471 e. The van der Waals surface area contributed by atoms with Gasteiger partial charge in [-0.25, -0.2) is 0 Å². The second-order valence-electron chi connectivity index (χ2n) is 14.8. The van der Waals surface area contributed by atoms with Crippen molar-refractivity contribution >= 4 is 22.6 Å². The van der Waals surface area contributed by atoms with Gasteiger partial charge in [-0.3, -0.25) is 14.5 Å². The van der Waals surface area contributed by atoms with Crippen molar-refractivity contribution in [3.05, 3.63) is 143 Å². The van der Waals surface area contributed by atoms with E-state index < -0.39 is 30.3 Å². The van der Waals surface area contributed by atoms with Crippen molar-refractivity contribution in [2.45, 2.75) is 76.1 Å². The van der Waals surface area contributed by atoms with Gasteiger partial charge in [0.25, 0.3) is 0 Å². The molecule has 0 aliphatic carbocycles. The maximum absolute atomic E-state index is 13.1. The van der Waals surface area contributed by atoms with Crippen molar-refractivity contribution in [2.24, 2.45) is 0 Å². The fraction of sp³-hybridized carbons (Fsp3) is 0.333. The van der Waals surface area contributed by atoms with E-state index in [1.165, 1.54) is 16.3 Å². The van der Waals surface area contributed by atoms with E-state index in [4.69, 9.17) is 9.47 Å². The van der Waals surface area contributed by atoms with Crippen LogP contribution in [0.25, 0.3) is 21.9 Å². The summed E-state index contributed by atoms with van der Waals surface area (Å²) in [7, 11) is 2.12. The molecule has 11 heteroatoms. The number of hydrogen-bond acceptors (Lipinski definition) is 6. The number of aliphatic hydroxyl groups is 1. The Morgan fingerprint density at radius 3 is 2.32 bits per heavy atom. The zero-order valence-electron chi connectivity index (χ0n) is 31.4. The summed E-state index contributed by atoms with van der Waals surface area (Å²) in [5, 5.41) is 14.8. The lowest BCUT2D eigenvalue weighted by molar-refractivity contribution is -0.253. The topological polar surface area (TPSA) is 91.3 Å². The van der Waals surface area contributed by atoms with E-state index in [0.717, 1.165) is 33.4 Å². The summed E-state index contributed by atoms with van der Waals surface area (Å²) >= 11 is 0. The van der Waals surface area contributed by atoms with Gasteiger partial charge in [-0.15, -0.1) is 0 Å². The van der Waals surface area contributed by atoms with Crippen molar-refractivity contribution in [1.29, 1.82) is 0 Å². The van der Waals surface area contributed by atoms with E-state index in [-0.39, 0.29) is 44.4 Å². The van der Waals surface area contributed by atoms with Crippen molar-refractivity contribution in [3.8, 4) is 11.1 Å². The number of rotatable bonds is 11. The highest BCUT2D eigenvalue weighted by atomic mass is 19.4. The number of halogens is 3. The zero-order valence-corrected chi connectivity index (χ0v) is 31.4. The van der Waals surface area contributed by atoms with Crippen molar-refractivity contribution in [3.63, 3.8) is 0 Å². The summed E-state index contributed by atoms with van der Waals surface area (Å²) in [6, 6.07) is 37.3. The highest BCUT2D eigenvalue weighted by molar-refractivity contribution is 5.90. The normalized spacial score (nSPS) is 20.7. The molecule has 7 rings (SSSR count). The van der Waals surface area contributed by atoms with Crippen LogP contribution in [0.4, 0.5) is 13.2 Å². The molecule has 8 nitrogen and oxygen atoms in total. The molecule has 0 bridgehead atoms. The number of likely N-dealkylation sites (tertiary alicyclic amines) is 1. The predicted molar refractivity (Wildman–Crippen MR) is 208 cm³/mol. The molecule has 5 aromatic carbocycles. The maximum atomic E-state index is 13.1. The summed E-state index contributed by atoms with van der Waals surface area (Å²) in [6.07, 6.45) is -4.84. The maximum Gasteiger partial charge on any atom is 0.471 e. The third-order valence-corrected chi connectivity index (χ3v) is 11.0. The number of nitrogens with one attached hydrogen (secondary N) is 1. The predicted octanol–water partition coefficient (Wildman–Crippen LogP) is 8.41. The Kier molecular flexibility index (Phi) is 11.9. The Hall–Kier alpha value is -5.07. The molecule has 2 aliphatic heterocycles. The molecule has 5 atom stereocenters. The first-order valence-electron chi connectivity index (χ1n) is 19.0. The van der Waals surface area contributed by atoms with E-state index in [0.29, 0.717) is 24.3 Å². The van der Waals surface area contributed by atoms with Crippen LogP contribution in [0.2, 0.25) is 0 Å². The Morgan fingerprint density at radius 2 is 1.59 bits per heavy atom. The van der Waals surface area contributed by atoms with Gasteiger partial charge in [0.15, 0.2) is 6.29 Å². The monoisotopic (exact) mass is 765 g/mol. The number of fused-ring (bicyclic) bond motifs is 1. The molecular weight excluding hydrogens is 720 g/mol. The Morgan fingerprint density at radius 1 is 0.857 bits per heavy atom. The number of alkyl halides is 3. The van der Waals surface area contributed by atoms with E-state index in [2.05, 4.69) is 60.6 Å². The van der Waals surface area contributed by atoms with Crippen LogP contribution in [-0.2, 0) is 32.2 Å². The quantitative estimate of drug-likeness (QED) is 0.140. The first-order chi connectivity index (χ1) is 27.0. The Balaban J connectivity index is 1.04. The number of benzene rings is 5. The van der Waals surface area contributed by atoms with Crippen LogP contribution < -0.4 is 5.32 Å². The number of hydrogen-bond donors (Lipinski definition) is 2. The minimum absolute atomic E-state index is 0.0335. The van der Waals surface area contributed by atoms with Gasteiger partial charge >= 0.3 is 12.1 Å². The van der Waals surface area contributed by atoms with Crippen LogP contribution in [0.5, 0.6) is 0 Å². The van der Waals surface area contributed by atoms with Gasteiger partial charge in [0, 0.05) is 37.7 Å². The fourth-order valence-electron chi connectivity index (χ4n) is 7.68. The number of carbonyl (C=O) groups is 2. The number of ether oxygens (including phenoxy) is 2. The molecule has 2 amide bonds. The molecule has 2 aliphatic rings. The molecule has 5 aromatic rings. The molecule has 0 saturated carbocycles. The lowest BCUT2D eigenvalue weighted by Crippen LogP contribution is -2.50. The number of likely N-dealkylation sites (N-methyl/N-ethyl adjacent to an activating group) is 1. The first kappa shape index (κ1) is 39.2. The number of nitrogens with zero attached hydrogens (tertiary/aromatic N) is 2. The lowest BCUT2D eigenvalue weighted by atomic mass is 9.98. The highest BCUT2D eigenvalue weighted by Crippen LogP contribution is 2.39. The molecule has 0 aromatic heterocycles. The van der Waals surface area contributed by atoms with Crippen LogP contribution in [0, 0.1) is 0 Å². The molecule has 56 heavy (non-hydrogen) atoms. The minimum Gasteiger partial charge on any atom is -0.392 e. The third-order valence-electron chi connectivity index (χ3n) is 11.0. The molecule has 2 heterocycles. The van der Waals surface area contributed by atoms with E-state index >= 15 is 0 Å². The number of aliphatic hydroxyl groups excluding tert-OH is 1. The van der Waals surface area contributed by atoms with E-state index in [1.54, 1.807) is 0 Å². The molecule has 2 N–H and O–H groups in total. The summed E-state index contributed by atoms with van der Waals surface area (Å²) in [5.41, 5.74) is 6.52. The van der Waals surface area contributed by atoms with Gasteiger partial charge in [0.1, 0.15) is 6.04 Å². The molecule has 2 fully saturated rings. The molecule has 292 valence electrons. The SMILES string of the molecule is C[C@H](c1ccc2ccccc2c1)N(C)C[C@@H]1C[C@H](c2ccc(CO)cc2)O[C@H](c2ccc(-c3cccc(CNC(=O)[C@@H]4CCCN4C(=O)C(F)(F)F)c3)cc2)O1. The Bertz CT molecular complexity index is 2140. The zero-order chi connectivity index (χ0) is 39.4. The van der Waals surface area contributed by atoms with Gasteiger partial charge in [-0.05, 0) is 83.1 Å². The summed E-state index contributed by atoms with van der Waals surface area (Å²) in [4.78, 5) is 27.6. The molecule has 0 radical (unpaired) electrons. The van der Waals surface area contributed by atoms with Crippen LogP contribution in [0.15, 0.2) is 115 Å². The Labute approximate surface area is 324 Å². The van der Waals surface area contributed by atoms with Gasteiger partial charge in [-0.2, -0.15) is 13.2 Å². The lowest BCUT2D eigenvalue weighted by Gasteiger charge is -2.39. The summed E-state index contributed by atoms with van der Waals surface area (Å²) < 4.78 is 52.5. The van der Waals surface area contributed by atoms with E-state index in [9.17, 15) is 27.9 Å². The first-order valence-corrected chi connectivity index (χ1v) is 19.0. The number of amides is 2. The van der Waals surface area contributed by atoms with Crippen molar-refractivity contribution in [1.82, 2.24) is 15.1 Å². The molecular formula is C45H46F3N3O5. The average Bonchev–Trinajstić information content (AvgIpc) is 3.72. The van der Waals surface area contributed by atoms with E-state index in [1.807, 2.05) is 78.9 Å². The fourth-order valence-corrected chi connectivity index (χ4v) is 7.68. The van der Waals surface area contributed by atoms with Crippen molar-refractivity contribution in [2.75, 3.05) is 20.1 Å². The summed E-state index contributed by atoms with van der Waals surface area (Å²) in [6.45, 7) is 2.86. The smallest absolute Gasteiger partial charge is 0.392 e. The van der Waals surface area contributed by atoms with Crippen LogP contribution in [0.1, 0.15) is 72.4 Å².